The monoisotopic (exact) mass is 144 g/mol. The van der Waals surface area contributed by atoms with Crippen LogP contribution in [0.4, 0.5) is 0 Å². The van der Waals surface area contributed by atoms with Gasteiger partial charge in [-0.25, -0.2) is 0 Å². The second-order valence-electron chi connectivity index (χ2n) is 3.52. The molecule has 1 N–H and O–H groups in total. The molecular weight excluding hydrogens is 124 g/mol. The summed E-state index contributed by atoms with van der Waals surface area (Å²) in [7, 11) is 0. The van der Waals surface area contributed by atoms with E-state index in [0.717, 1.165) is 12.8 Å². The number of hydrogen-bond donors (Lipinski definition) is 1. The second-order valence-corrected chi connectivity index (χ2v) is 3.52. The summed E-state index contributed by atoms with van der Waals surface area (Å²) in [4.78, 5) is 0. The minimum absolute atomic E-state index is 0.0857. The largest absolute Gasteiger partial charge is 0.393 e. The third kappa shape index (κ3) is 3.89. The molecule has 10 heavy (non-hydrogen) atoms. The molecule has 0 amide bonds. The van der Waals surface area contributed by atoms with Crippen molar-refractivity contribution in [3.8, 4) is 0 Å². The zero-order valence-electron chi connectivity index (χ0n) is 7.59. The Labute approximate surface area is 64.5 Å². The van der Waals surface area contributed by atoms with Crippen LogP contribution in [0.2, 0.25) is 0 Å². The number of hydrogen-bond acceptors (Lipinski definition) is 1. The molecular formula is C9H20O. The first kappa shape index (κ1) is 9.96. The smallest absolute Gasteiger partial charge is 0.0540 e. The van der Waals surface area contributed by atoms with E-state index in [1.807, 2.05) is 6.92 Å². The molecule has 0 spiro atoms. The molecule has 0 rings (SSSR count). The van der Waals surface area contributed by atoms with Crippen molar-refractivity contribution in [2.24, 2.45) is 11.8 Å². The third-order valence-electron chi connectivity index (χ3n) is 2.25. The second kappa shape index (κ2) is 4.73. The third-order valence-corrected chi connectivity index (χ3v) is 2.25. The minimum atomic E-state index is -0.0857. The molecule has 0 fully saturated rings. The van der Waals surface area contributed by atoms with Gasteiger partial charge in [0.25, 0.3) is 0 Å². The van der Waals surface area contributed by atoms with Crippen LogP contribution in [-0.4, -0.2) is 11.2 Å². The lowest BCUT2D eigenvalue weighted by Crippen LogP contribution is -2.14. The number of rotatable bonds is 4. The highest BCUT2D eigenvalue weighted by molar-refractivity contribution is 4.62. The first-order chi connectivity index (χ1) is 4.57. The molecule has 62 valence electrons. The number of aliphatic hydroxyl groups excluding tert-OH is 1. The Kier molecular flexibility index (Phi) is 4.71. The van der Waals surface area contributed by atoms with Gasteiger partial charge in [-0.3, -0.25) is 0 Å². The van der Waals surface area contributed by atoms with E-state index in [-0.39, 0.29) is 6.10 Å². The summed E-state index contributed by atoms with van der Waals surface area (Å²) in [5.74, 6) is 1.34. The number of aliphatic hydroxyl groups is 1. The molecule has 1 nitrogen and oxygen atoms in total. The van der Waals surface area contributed by atoms with Crippen molar-refractivity contribution in [1.29, 1.82) is 0 Å². The predicted octanol–water partition coefficient (Wildman–Crippen LogP) is 2.44. The van der Waals surface area contributed by atoms with Gasteiger partial charge in [0, 0.05) is 0 Å². The SMILES string of the molecule is CCC(O)CC(C)C(C)C. The Balaban J connectivity index is 3.46. The summed E-state index contributed by atoms with van der Waals surface area (Å²) < 4.78 is 0. The maximum absolute atomic E-state index is 9.28. The summed E-state index contributed by atoms with van der Waals surface area (Å²) in [6, 6.07) is 0. The van der Waals surface area contributed by atoms with Gasteiger partial charge in [-0.05, 0) is 24.7 Å². The molecule has 0 aliphatic rings. The Morgan fingerprint density at radius 2 is 1.70 bits per heavy atom. The van der Waals surface area contributed by atoms with Crippen LogP contribution in [-0.2, 0) is 0 Å². The van der Waals surface area contributed by atoms with Crippen LogP contribution in [0.3, 0.4) is 0 Å². The molecule has 0 aliphatic carbocycles. The van der Waals surface area contributed by atoms with E-state index in [0.29, 0.717) is 11.8 Å². The maximum atomic E-state index is 9.28. The first-order valence-corrected chi connectivity index (χ1v) is 4.26. The molecule has 0 saturated heterocycles. The van der Waals surface area contributed by atoms with Crippen LogP contribution < -0.4 is 0 Å². The minimum Gasteiger partial charge on any atom is -0.393 e. The molecule has 0 aliphatic heterocycles. The van der Waals surface area contributed by atoms with Crippen LogP contribution in [0, 0.1) is 11.8 Å². The molecule has 0 aromatic carbocycles. The standard InChI is InChI=1S/C9H20O/c1-5-9(10)6-8(4)7(2)3/h7-10H,5-6H2,1-4H3. The van der Waals surface area contributed by atoms with Crippen molar-refractivity contribution in [3.63, 3.8) is 0 Å². The van der Waals surface area contributed by atoms with E-state index in [1.165, 1.54) is 0 Å². The maximum Gasteiger partial charge on any atom is 0.0540 e. The highest BCUT2D eigenvalue weighted by Crippen LogP contribution is 2.16. The molecule has 2 atom stereocenters. The lowest BCUT2D eigenvalue weighted by atomic mass is 9.91. The van der Waals surface area contributed by atoms with Gasteiger partial charge in [0.15, 0.2) is 0 Å². The van der Waals surface area contributed by atoms with E-state index in [4.69, 9.17) is 0 Å². The van der Waals surface area contributed by atoms with Gasteiger partial charge in [-0.15, -0.1) is 0 Å². The summed E-state index contributed by atoms with van der Waals surface area (Å²) in [6.07, 6.45) is 1.75. The van der Waals surface area contributed by atoms with Crippen molar-refractivity contribution in [1.82, 2.24) is 0 Å². The van der Waals surface area contributed by atoms with Crippen molar-refractivity contribution in [3.05, 3.63) is 0 Å². The van der Waals surface area contributed by atoms with Crippen LogP contribution >= 0.6 is 0 Å². The van der Waals surface area contributed by atoms with Crippen molar-refractivity contribution >= 4 is 0 Å². The van der Waals surface area contributed by atoms with Crippen LogP contribution in [0.15, 0.2) is 0 Å². The topological polar surface area (TPSA) is 20.2 Å². The van der Waals surface area contributed by atoms with Crippen LogP contribution in [0.25, 0.3) is 0 Å². The predicted molar refractivity (Wildman–Crippen MR) is 44.9 cm³/mol. The van der Waals surface area contributed by atoms with Crippen LogP contribution in [0.5, 0.6) is 0 Å². The molecule has 1 heteroatoms. The molecule has 2 unspecified atom stereocenters. The Bertz CT molecular complexity index is 78.8. The Hall–Kier alpha value is -0.0400. The van der Waals surface area contributed by atoms with E-state index in [2.05, 4.69) is 20.8 Å². The van der Waals surface area contributed by atoms with Gasteiger partial charge < -0.3 is 5.11 Å². The summed E-state index contributed by atoms with van der Waals surface area (Å²) in [5, 5.41) is 9.28. The fourth-order valence-corrected chi connectivity index (χ4v) is 0.868. The highest BCUT2D eigenvalue weighted by atomic mass is 16.3. The normalized spacial score (nSPS) is 17.4. The average molecular weight is 144 g/mol. The average Bonchev–Trinajstić information content (AvgIpc) is 1.87. The fraction of sp³-hybridized carbons (Fsp3) is 1.00. The molecule has 0 aromatic rings. The first-order valence-electron chi connectivity index (χ1n) is 4.26. The van der Waals surface area contributed by atoms with E-state index >= 15 is 0 Å². The van der Waals surface area contributed by atoms with Crippen molar-refractivity contribution < 1.29 is 5.11 Å². The molecule has 0 aromatic heterocycles. The summed E-state index contributed by atoms with van der Waals surface area (Å²) in [5.41, 5.74) is 0. The Morgan fingerprint density at radius 1 is 1.20 bits per heavy atom. The zero-order valence-corrected chi connectivity index (χ0v) is 7.59. The zero-order chi connectivity index (χ0) is 8.15. The highest BCUT2D eigenvalue weighted by Gasteiger charge is 2.11. The lowest BCUT2D eigenvalue weighted by molar-refractivity contribution is 0.130. The summed E-state index contributed by atoms with van der Waals surface area (Å²) in [6.45, 7) is 8.63. The van der Waals surface area contributed by atoms with Crippen molar-refractivity contribution in [2.45, 2.75) is 46.6 Å². The van der Waals surface area contributed by atoms with Gasteiger partial charge in [0.2, 0.25) is 0 Å². The van der Waals surface area contributed by atoms with Crippen LogP contribution in [0.1, 0.15) is 40.5 Å². The van der Waals surface area contributed by atoms with Gasteiger partial charge in [-0.2, -0.15) is 0 Å². The van der Waals surface area contributed by atoms with Gasteiger partial charge in [0.05, 0.1) is 6.10 Å². The van der Waals surface area contributed by atoms with Crippen molar-refractivity contribution in [2.75, 3.05) is 0 Å². The van der Waals surface area contributed by atoms with E-state index < -0.39 is 0 Å². The van der Waals surface area contributed by atoms with E-state index in [1.54, 1.807) is 0 Å². The Morgan fingerprint density at radius 3 is 2.00 bits per heavy atom. The molecule has 0 bridgehead atoms. The van der Waals surface area contributed by atoms with Gasteiger partial charge >= 0.3 is 0 Å². The van der Waals surface area contributed by atoms with Gasteiger partial charge in [0.1, 0.15) is 0 Å². The van der Waals surface area contributed by atoms with E-state index in [9.17, 15) is 5.11 Å². The lowest BCUT2D eigenvalue weighted by Gasteiger charge is -2.18. The molecule has 0 heterocycles. The molecule has 0 radical (unpaired) electrons. The summed E-state index contributed by atoms with van der Waals surface area (Å²) >= 11 is 0. The quantitative estimate of drug-likeness (QED) is 0.642. The van der Waals surface area contributed by atoms with Gasteiger partial charge in [-0.1, -0.05) is 27.7 Å². The molecule has 0 saturated carbocycles. The fourth-order valence-electron chi connectivity index (χ4n) is 0.868.